The van der Waals surface area contributed by atoms with Gasteiger partial charge >= 0.3 is 6.03 Å². The van der Waals surface area contributed by atoms with Crippen LogP contribution in [0.3, 0.4) is 0 Å². The molecule has 2 amide bonds. The SMILES string of the molecule is CC(CCc1ccccc1)NC(=O)Nc1cccc(COCCOC(C)C)c1. The van der Waals surface area contributed by atoms with E-state index in [0.717, 1.165) is 24.1 Å². The van der Waals surface area contributed by atoms with Gasteiger partial charge in [-0.25, -0.2) is 4.79 Å². The molecule has 1 atom stereocenters. The van der Waals surface area contributed by atoms with E-state index in [1.165, 1.54) is 5.56 Å². The minimum Gasteiger partial charge on any atom is -0.376 e. The molecule has 0 radical (unpaired) electrons. The van der Waals surface area contributed by atoms with Gasteiger partial charge in [0, 0.05) is 11.7 Å². The number of urea groups is 1. The first-order chi connectivity index (χ1) is 13.5. The maximum absolute atomic E-state index is 12.2. The number of ether oxygens (including phenoxy) is 2. The summed E-state index contributed by atoms with van der Waals surface area (Å²) < 4.78 is 11.1. The van der Waals surface area contributed by atoms with Crippen LogP contribution in [0.5, 0.6) is 0 Å². The predicted molar refractivity (Wildman–Crippen MR) is 114 cm³/mol. The standard InChI is InChI=1S/C23H32N2O3/c1-18(2)28-15-14-27-17-21-10-7-11-22(16-21)25-23(26)24-19(3)12-13-20-8-5-4-6-9-20/h4-11,16,18-19H,12-15,17H2,1-3H3,(H2,24,25,26). The van der Waals surface area contributed by atoms with E-state index in [1.54, 1.807) is 0 Å². The minimum atomic E-state index is -0.191. The summed E-state index contributed by atoms with van der Waals surface area (Å²) in [4.78, 5) is 12.2. The first-order valence-electron chi connectivity index (χ1n) is 9.92. The van der Waals surface area contributed by atoms with Crippen LogP contribution in [-0.2, 0) is 22.5 Å². The number of aryl methyl sites for hydroxylation is 1. The van der Waals surface area contributed by atoms with Gasteiger partial charge in [0.15, 0.2) is 0 Å². The lowest BCUT2D eigenvalue weighted by Crippen LogP contribution is -2.36. The van der Waals surface area contributed by atoms with Gasteiger partial charge in [-0.3, -0.25) is 0 Å². The van der Waals surface area contributed by atoms with Crippen LogP contribution >= 0.6 is 0 Å². The Morgan fingerprint density at radius 3 is 2.46 bits per heavy atom. The van der Waals surface area contributed by atoms with E-state index in [2.05, 4.69) is 22.8 Å². The molecular weight excluding hydrogens is 352 g/mol. The Bertz CT molecular complexity index is 704. The summed E-state index contributed by atoms with van der Waals surface area (Å²) in [5.41, 5.74) is 3.05. The molecule has 2 aromatic carbocycles. The largest absolute Gasteiger partial charge is 0.376 e. The molecule has 0 fully saturated rings. The van der Waals surface area contributed by atoms with Crippen molar-refractivity contribution in [3.05, 3.63) is 65.7 Å². The number of nitrogens with one attached hydrogen (secondary N) is 2. The number of rotatable bonds is 11. The summed E-state index contributed by atoms with van der Waals surface area (Å²) in [6, 6.07) is 17.9. The van der Waals surface area contributed by atoms with Gasteiger partial charge in [0.25, 0.3) is 0 Å². The fourth-order valence-corrected chi connectivity index (χ4v) is 2.76. The first kappa shape index (κ1) is 21.9. The number of carbonyl (C=O) groups is 1. The Labute approximate surface area is 168 Å². The summed E-state index contributed by atoms with van der Waals surface area (Å²) in [5.74, 6) is 0. The van der Waals surface area contributed by atoms with Crippen LogP contribution < -0.4 is 10.6 Å². The second-order valence-electron chi connectivity index (χ2n) is 7.20. The first-order valence-corrected chi connectivity index (χ1v) is 9.92. The Kier molecular flexibility index (Phi) is 9.52. The second-order valence-corrected chi connectivity index (χ2v) is 7.20. The van der Waals surface area contributed by atoms with E-state index >= 15 is 0 Å². The molecule has 0 heterocycles. The van der Waals surface area contributed by atoms with Crippen LogP contribution in [0.25, 0.3) is 0 Å². The maximum atomic E-state index is 12.2. The van der Waals surface area contributed by atoms with E-state index in [4.69, 9.17) is 9.47 Å². The maximum Gasteiger partial charge on any atom is 0.319 e. The molecule has 0 spiro atoms. The Morgan fingerprint density at radius 1 is 0.964 bits per heavy atom. The van der Waals surface area contributed by atoms with Crippen LogP contribution in [0.1, 0.15) is 38.3 Å². The van der Waals surface area contributed by atoms with Gasteiger partial charge in [-0.1, -0.05) is 42.5 Å². The van der Waals surface area contributed by atoms with E-state index in [1.807, 2.05) is 63.2 Å². The lowest BCUT2D eigenvalue weighted by Gasteiger charge is -2.15. The molecule has 0 bridgehead atoms. The number of hydrogen-bond donors (Lipinski definition) is 2. The molecule has 5 nitrogen and oxygen atoms in total. The molecule has 2 N–H and O–H groups in total. The zero-order chi connectivity index (χ0) is 20.2. The van der Waals surface area contributed by atoms with Crippen molar-refractivity contribution in [3.8, 4) is 0 Å². The summed E-state index contributed by atoms with van der Waals surface area (Å²) in [7, 11) is 0. The molecule has 0 aliphatic heterocycles. The van der Waals surface area contributed by atoms with Crippen molar-refractivity contribution in [1.29, 1.82) is 0 Å². The van der Waals surface area contributed by atoms with Crippen molar-refractivity contribution in [2.24, 2.45) is 0 Å². The molecule has 0 saturated heterocycles. The highest BCUT2D eigenvalue weighted by Gasteiger charge is 2.08. The second kappa shape index (κ2) is 12.2. The molecule has 2 rings (SSSR count). The number of carbonyl (C=O) groups excluding carboxylic acids is 1. The van der Waals surface area contributed by atoms with Crippen LogP contribution in [0.2, 0.25) is 0 Å². The van der Waals surface area contributed by atoms with Crippen molar-refractivity contribution in [3.63, 3.8) is 0 Å². The van der Waals surface area contributed by atoms with E-state index in [-0.39, 0.29) is 18.2 Å². The molecule has 0 aromatic heterocycles. The molecule has 0 aliphatic carbocycles. The highest BCUT2D eigenvalue weighted by atomic mass is 16.5. The monoisotopic (exact) mass is 384 g/mol. The fourth-order valence-electron chi connectivity index (χ4n) is 2.76. The van der Waals surface area contributed by atoms with Crippen molar-refractivity contribution < 1.29 is 14.3 Å². The molecule has 152 valence electrons. The summed E-state index contributed by atoms with van der Waals surface area (Å²) in [6.07, 6.45) is 2.05. The van der Waals surface area contributed by atoms with Gasteiger partial charge in [0.2, 0.25) is 0 Å². The topological polar surface area (TPSA) is 59.6 Å². The third kappa shape index (κ3) is 9.02. The van der Waals surface area contributed by atoms with E-state index in [0.29, 0.717) is 19.8 Å². The van der Waals surface area contributed by atoms with Gasteiger partial charge in [0.05, 0.1) is 25.9 Å². The Balaban J connectivity index is 1.70. The molecule has 0 saturated carbocycles. The molecule has 2 aromatic rings. The lowest BCUT2D eigenvalue weighted by molar-refractivity contribution is 0.0143. The third-order valence-corrected chi connectivity index (χ3v) is 4.22. The average molecular weight is 385 g/mol. The highest BCUT2D eigenvalue weighted by Crippen LogP contribution is 2.12. The number of hydrogen-bond acceptors (Lipinski definition) is 3. The number of anilines is 1. The fraction of sp³-hybridized carbons (Fsp3) is 0.435. The Morgan fingerprint density at radius 2 is 1.71 bits per heavy atom. The number of benzene rings is 2. The van der Waals surface area contributed by atoms with Crippen molar-refractivity contribution >= 4 is 11.7 Å². The lowest BCUT2D eigenvalue weighted by atomic mass is 10.1. The van der Waals surface area contributed by atoms with Crippen molar-refractivity contribution in [1.82, 2.24) is 5.32 Å². The molecule has 1 unspecified atom stereocenters. The average Bonchev–Trinajstić information content (AvgIpc) is 2.67. The number of amides is 2. The highest BCUT2D eigenvalue weighted by molar-refractivity contribution is 5.89. The summed E-state index contributed by atoms with van der Waals surface area (Å²) in [5, 5.41) is 5.89. The van der Waals surface area contributed by atoms with E-state index < -0.39 is 0 Å². The molecule has 5 heteroatoms. The van der Waals surface area contributed by atoms with E-state index in [9.17, 15) is 4.79 Å². The van der Waals surface area contributed by atoms with Gasteiger partial charge in [-0.05, 0) is 56.9 Å². The van der Waals surface area contributed by atoms with Crippen molar-refractivity contribution in [2.75, 3.05) is 18.5 Å². The van der Waals surface area contributed by atoms with Crippen LogP contribution in [-0.4, -0.2) is 31.4 Å². The van der Waals surface area contributed by atoms with Gasteiger partial charge < -0.3 is 20.1 Å². The zero-order valence-electron chi connectivity index (χ0n) is 17.1. The summed E-state index contributed by atoms with van der Waals surface area (Å²) >= 11 is 0. The van der Waals surface area contributed by atoms with Crippen LogP contribution in [0, 0.1) is 0 Å². The normalized spacial score (nSPS) is 12.0. The molecule has 0 aliphatic rings. The van der Waals surface area contributed by atoms with Gasteiger partial charge in [-0.2, -0.15) is 0 Å². The smallest absolute Gasteiger partial charge is 0.319 e. The zero-order valence-corrected chi connectivity index (χ0v) is 17.1. The minimum absolute atomic E-state index is 0.0904. The molecular formula is C23H32N2O3. The summed E-state index contributed by atoms with van der Waals surface area (Å²) in [6.45, 7) is 7.65. The van der Waals surface area contributed by atoms with Gasteiger partial charge in [-0.15, -0.1) is 0 Å². The van der Waals surface area contributed by atoms with Crippen molar-refractivity contribution in [2.45, 2.75) is 52.4 Å². The quantitative estimate of drug-likeness (QED) is 0.549. The van der Waals surface area contributed by atoms with Crippen LogP contribution in [0.15, 0.2) is 54.6 Å². The molecule has 28 heavy (non-hydrogen) atoms. The van der Waals surface area contributed by atoms with Crippen LogP contribution in [0.4, 0.5) is 10.5 Å². The predicted octanol–water partition coefficient (Wildman–Crippen LogP) is 4.77. The Hall–Kier alpha value is -2.37. The third-order valence-electron chi connectivity index (χ3n) is 4.22. The van der Waals surface area contributed by atoms with Gasteiger partial charge in [0.1, 0.15) is 0 Å².